The summed E-state index contributed by atoms with van der Waals surface area (Å²) in [6, 6.07) is 5.10. The van der Waals surface area contributed by atoms with Gasteiger partial charge in [-0.2, -0.15) is 0 Å². The highest BCUT2D eigenvalue weighted by Gasteiger charge is 2.28. The number of amides is 1. The Morgan fingerprint density at radius 3 is 3.11 bits per heavy atom. The van der Waals surface area contributed by atoms with Crippen LogP contribution in [0.2, 0.25) is 0 Å². The summed E-state index contributed by atoms with van der Waals surface area (Å²) in [6.45, 7) is 3.16. The van der Waals surface area contributed by atoms with Crippen LogP contribution in [0.1, 0.15) is 15.9 Å². The number of aliphatic hydroxyl groups is 1. The molecule has 1 fully saturated rings. The average molecular weight is 250 g/mol. The molecule has 1 saturated heterocycles. The van der Waals surface area contributed by atoms with Crippen LogP contribution < -0.4 is 5.73 Å². The fourth-order valence-corrected chi connectivity index (χ4v) is 2.08. The second-order valence-corrected chi connectivity index (χ2v) is 4.50. The number of nitrogens with zero attached hydrogens (tertiary/aromatic N) is 1. The minimum atomic E-state index is -0.286. The highest BCUT2D eigenvalue weighted by molar-refractivity contribution is 5.99. The normalized spacial score (nSPS) is 19.9. The zero-order valence-corrected chi connectivity index (χ0v) is 10.4. The van der Waals surface area contributed by atoms with Crippen LogP contribution in [-0.4, -0.2) is 48.3 Å². The lowest BCUT2D eigenvalue weighted by molar-refractivity contribution is -0.0183. The summed E-state index contributed by atoms with van der Waals surface area (Å²) in [5, 5.41) is 9.28. The summed E-state index contributed by atoms with van der Waals surface area (Å²) in [7, 11) is 0. The van der Waals surface area contributed by atoms with E-state index in [4.69, 9.17) is 10.5 Å². The first kappa shape index (κ1) is 12.9. The van der Waals surface area contributed by atoms with Gasteiger partial charge >= 0.3 is 0 Å². The molecule has 0 spiro atoms. The van der Waals surface area contributed by atoms with E-state index < -0.39 is 0 Å². The van der Waals surface area contributed by atoms with Gasteiger partial charge in [0.15, 0.2) is 0 Å². The number of hydrogen-bond donors (Lipinski definition) is 2. The number of anilines is 1. The maximum atomic E-state index is 12.4. The van der Waals surface area contributed by atoms with Crippen molar-refractivity contribution in [2.24, 2.45) is 0 Å². The van der Waals surface area contributed by atoms with E-state index in [1.54, 1.807) is 17.0 Å². The number of nitrogens with two attached hydrogens (primary N) is 1. The molecule has 1 amide bonds. The van der Waals surface area contributed by atoms with Crippen LogP contribution in [0, 0.1) is 6.92 Å². The fourth-order valence-electron chi connectivity index (χ4n) is 2.08. The number of ether oxygens (including phenoxy) is 1. The van der Waals surface area contributed by atoms with Gasteiger partial charge in [-0.1, -0.05) is 11.6 Å². The Labute approximate surface area is 106 Å². The molecule has 18 heavy (non-hydrogen) atoms. The van der Waals surface area contributed by atoms with Crippen molar-refractivity contribution < 1.29 is 14.6 Å². The molecule has 0 aromatic heterocycles. The maximum absolute atomic E-state index is 12.4. The average Bonchev–Trinajstić information content (AvgIpc) is 2.40. The van der Waals surface area contributed by atoms with E-state index in [2.05, 4.69) is 0 Å². The number of aliphatic hydroxyl groups excluding tert-OH is 1. The van der Waals surface area contributed by atoms with Crippen LogP contribution in [0.25, 0.3) is 0 Å². The molecule has 0 bridgehead atoms. The fraction of sp³-hybridized carbons (Fsp3) is 0.462. The van der Waals surface area contributed by atoms with Crippen LogP contribution in [0.3, 0.4) is 0 Å². The van der Waals surface area contributed by atoms with Crippen molar-refractivity contribution in [1.29, 1.82) is 0 Å². The lowest BCUT2D eigenvalue weighted by Gasteiger charge is -2.34. The van der Waals surface area contributed by atoms with Crippen molar-refractivity contribution >= 4 is 11.6 Å². The molecule has 5 nitrogen and oxygen atoms in total. The van der Waals surface area contributed by atoms with Gasteiger partial charge in [-0.3, -0.25) is 4.79 Å². The van der Waals surface area contributed by atoms with Gasteiger partial charge in [0.25, 0.3) is 5.91 Å². The van der Waals surface area contributed by atoms with Crippen LogP contribution in [0.15, 0.2) is 18.2 Å². The first-order valence-corrected chi connectivity index (χ1v) is 5.99. The number of aryl methyl sites for hydroxylation is 1. The third-order valence-electron chi connectivity index (χ3n) is 3.14. The second-order valence-electron chi connectivity index (χ2n) is 4.50. The molecule has 1 aromatic carbocycles. The molecule has 3 N–H and O–H groups in total. The van der Waals surface area contributed by atoms with Crippen molar-refractivity contribution in [3.8, 4) is 0 Å². The topological polar surface area (TPSA) is 75.8 Å². The van der Waals surface area contributed by atoms with Gasteiger partial charge in [-0.25, -0.2) is 0 Å². The Balaban J connectivity index is 2.26. The Morgan fingerprint density at radius 1 is 1.61 bits per heavy atom. The van der Waals surface area contributed by atoms with E-state index in [9.17, 15) is 9.90 Å². The van der Waals surface area contributed by atoms with E-state index >= 15 is 0 Å². The van der Waals surface area contributed by atoms with Crippen molar-refractivity contribution in [3.63, 3.8) is 0 Å². The first-order chi connectivity index (χ1) is 8.63. The zero-order chi connectivity index (χ0) is 13.1. The Morgan fingerprint density at radius 2 is 2.39 bits per heavy atom. The number of hydrogen-bond acceptors (Lipinski definition) is 4. The number of carbonyl (C=O) groups is 1. The molecule has 0 aliphatic carbocycles. The van der Waals surface area contributed by atoms with E-state index in [1.165, 1.54) is 0 Å². The third-order valence-corrected chi connectivity index (χ3v) is 3.14. The maximum Gasteiger partial charge on any atom is 0.256 e. The molecule has 1 unspecified atom stereocenters. The van der Waals surface area contributed by atoms with E-state index in [-0.39, 0.29) is 18.6 Å². The summed E-state index contributed by atoms with van der Waals surface area (Å²) >= 11 is 0. The number of morpholine rings is 1. The van der Waals surface area contributed by atoms with Gasteiger partial charge in [-0.15, -0.1) is 0 Å². The summed E-state index contributed by atoms with van der Waals surface area (Å²) < 4.78 is 5.26. The van der Waals surface area contributed by atoms with Crippen molar-refractivity contribution in [3.05, 3.63) is 29.3 Å². The quantitative estimate of drug-likeness (QED) is 0.745. The Hall–Kier alpha value is -1.59. The minimum absolute atomic E-state index is 0.0997. The molecule has 1 aromatic rings. The van der Waals surface area contributed by atoms with Crippen molar-refractivity contribution in [2.45, 2.75) is 13.0 Å². The SMILES string of the molecule is Cc1ccc(N)c(C(=O)N2CCOCC2CO)c1. The van der Waals surface area contributed by atoms with Crippen LogP contribution in [0.4, 0.5) is 5.69 Å². The Bertz CT molecular complexity index is 448. The lowest BCUT2D eigenvalue weighted by atomic mass is 10.1. The number of nitrogen functional groups attached to an aromatic ring is 1. The lowest BCUT2D eigenvalue weighted by Crippen LogP contribution is -2.50. The van der Waals surface area contributed by atoms with Gasteiger partial charge in [0.2, 0.25) is 0 Å². The van der Waals surface area contributed by atoms with E-state index in [1.807, 2.05) is 13.0 Å². The molecular weight excluding hydrogens is 232 g/mol. The van der Waals surface area contributed by atoms with Gasteiger partial charge in [0.05, 0.1) is 31.4 Å². The smallest absolute Gasteiger partial charge is 0.256 e. The highest BCUT2D eigenvalue weighted by Crippen LogP contribution is 2.19. The molecule has 98 valence electrons. The third kappa shape index (κ3) is 2.47. The number of rotatable bonds is 2. The van der Waals surface area contributed by atoms with Crippen LogP contribution in [-0.2, 0) is 4.74 Å². The number of benzene rings is 1. The minimum Gasteiger partial charge on any atom is -0.398 e. The van der Waals surface area contributed by atoms with Gasteiger partial charge < -0.3 is 20.5 Å². The molecule has 2 rings (SSSR count). The van der Waals surface area contributed by atoms with Gasteiger partial charge in [0.1, 0.15) is 0 Å². The van der Waals surface area contributed by atoms with Crippen molar-refractivity contribution in [1.82, 2.24) is 4.90 Å². The predicted octanol–water partition coefficient (Wildman–Crippen LogP) is 0.411. The molecular formula is C13H18N2O3. The van der Waals surface area contributed by atoms with Gasteiger partial charge in [0, 0.05) is 12.2 Å². The molecule has 1 aliphatic rings. The monoisotopic (exact) mass is 250 g/mol. The number of carbonyl (C=O) groups excluding carboxylic acids is 1. The summed E-state index contributed by atoms with van der Waals surface area (Å²) in [6.07, 6.45) is 0. The van der Waals surface area contributed by atoms with E-state index in [0.717, 1.165) is 5.56 Å². The largest absolute Gasteiger partial charge is 0.398 e. The van der Waals surface area contributed by atoms with Crippen LogP contribution in [0.5, 0.6) is 0 Å². The predicted molar refractivity (Wildman–Crippen MR) is 68.3 cm³/mol. The standard InChI is InChI=1S/C13H18N2O3/c1-9-2-3-12(14)11(6-9)13(17)15-4-5-18-8-10(15)7-16/h2-3,6,10,16H,4-5,7-8,14H2,1H3. The van der Waals surface area contributed by atoms with Crippen LogP contribution >= 0.6 is 0 Å². The summed E-state index contributed by atoms with van der Waals surface area (Å²) in [4.78, 5) is 14.1. The van der Waals surface area contributed by atoms with E-state index in [0.29, 0.717) is 31.0 Å². The first-order valence-electron chi connectivity index (χ1n) is 5.99. The van der Waals surface area contributed by atoms with Gasteiger partial charge in [-0.05, 0) is 19.1 Å². The Kier molecular flexibility index (Phi) is 3.84. The second kappa shape index (κ2) is 5.37. The molecule has 5 heteroatoms. The molecule has 1 aliphatic heterocycles. The molecule has 0 saturated carbocycles. The molecule has 1 atom stereocenters. The van der Waals surface area contributed by atoms with Crippen molar-refractivity contribution in [2.75, 3.05) is 32.1 Å². The summed E-state index contributed by atoms with van der Waals surface area (Å²) in [5.74, 6) is -0.140. The highest BCUT2D eigenvalue weighted by atomic mass is 16.5. The molecule has 0 radical (unpaired) electrons. The molecule has 1 heterocycles. The summed E-state index contributed by atoms with van der Waals surface area (Å²) in [5.41, 5.74) is 7.79. The zero-order valence-electron chi connectivity index (χ0n) is 10.4.